The lowest BCUT2D eigenvalue weighted by atomic mass is 10.3. The van der Waals surface area contributed by atoms with Crippen molar-refractivity contribution in [2.24, 2.45) is 0 Å². The van der Waals surface area contributed by atoms with Crippen molar-refractivity contribution in [3.05, 3.63) is 28.2 Å². The smallest absolute Gasteiger partial charge is 0.324 e. The van der Waals surface area contributed by atoms with E-state index in [9.17, 15) is 9.59 Å². The van der Waals surface area contributed by atoms with Crippen molar-refractivity contribution in [2.75, 3.05) is 13.1 Å². The van der Waals surface area contributed by atoms with Gasteiger partial charge < -0.3 is 10.1 Å². The van der Waals surface area contributed by atoms with E-state index in [1.165, 1.54) is 6.07 Å². The molecule has 1 saturated heterocycles. The van der Waals surface area contributed by atoms with Crippen molar-refractivity contribution in [1.82, 2.24) is 10.2 Å². The first-order valence-electron chi connectivity index (χ1n) is 5.70. The maximum atomic E-state index is 12.0. The molecule has 0 unspecified atom stereocenters. The Morgan fingerprint density at radius 3 is 2.74 bits per heavy atom. The van der Waals surface area contributed by atoms with E-state index in [0.29, 0.717) is 28.9 Å². The highest BCUT2D eigenvalue weighted by atomic mass is 35.5. The second-order valence-electron chi connectivity index (χ2n) is 4.06. The molecule has 3 amide bonds. The quantitative estimate of drug-likeness (QED) is 0.932. The van der Waals surface area contributed by atoms with Crippen LogP contribution in [0.4, 0.5) is 4.79 Å². The van der Waals surface area contributed by atoms with E-state index in [1.54, 1.807) is 19.1 Å². The molecule has 1 atom stereocenters. The van der Waals surface area contributed by atoms with Crippen LogP contribution in [0, 0.1) is 0 Å². The normalized spacial score (nSPS) is 16.2. The molecule has 1 heterocycles. The van der Waals surface area contributed by atoms with E-state index in [2.05, 4.69) is 5.32 Å². The van der Waals surface area contributed by atoms with Gasteiger partial charge in [0.05, 0.1) is 10.0 Å². The van der Waals surface area contributed by atoms with E-state index in [-0.39, 0.29) is 5.91 Å². The fraction of sp³-hybridized carbons (Fsp3) is 0.333. The first kappa shape index (κ1) is 14.0. The van der Waals surface area contributed by atoms with Gasteiger partial charge in [0.15, 0.2) is 6.10 Å². The molecule has 1 N–H and O–H groups in total. The minimum absolute atomic E-state index is 0.345. The fourth-order valence-corrected chi connectivity index (χ4v) is 1.99. The third-order valence-electron chi connectivity index (χ3n) is 2.67. The average Bonchev–Trinajstić information content (AvgIpc) is 2.79. The summed E-state index contributed by atoms with van der Waals surface area (Å²) in [6, 6.07) is 4.33. The predicted molar refractivity (Wildman–Crippen MR) is 71.7 cm³/mol. The summed E-state index contributed by atoms with van der Waals surface area (Å²) < 4.78 is 5.46. The Morgan fingerprint density at radius 2 is 2.16 bits per heavy atom. The summed E-state index contributed by atoms with van der Waals surface area (Å²) in [4.78, 5) is 24.5. The third kappa shape index (κ3) is 3.11. The number of halogens is 2. The van der Waals surface area contributed by atoms with Crippen molar-refractivity contribution in [2.45, 2.75) is 13.0 Å². The van der Waals surface area contributed by atoms with Gasteiger partial charge in [-0.1, -0.05) is 23.2 Å². The Kier molecular flexibility index (Phi) is 4.17. The number of rotatable bonds is 3. The minimum Gasteiger partial charge on any atom is -0.481 e. The van der Waals surface area contributed by atoms with Crippen LogP contribution in [0.2, 0.25) is 10.0 Å². The number of urea groups is 1. The monoisotopic (exact) mass is 302 g/mol. The summed E-state index contributed by atoms with van der Waals surface area (Å²) >= 11 is 11.6. The molecule has 1 aromatic rings. The zero-order chi connectivity index (χ0) is 14.0. The molecule has 0 aliphatic carbocycles. The lowest BCUT2D eigenvalue weighted by Crippen LogP contribution is -2.42. The molecule has 0 radical (unpaired) electrons. The van der Waals surface area contributed by atoms with Crippen molar-refractivity contribution in [3.63, 3.8) is 0 Å². The van der Waals surface area contributed by atoms with Gasteiger partial charge in [-0.3, -0.25) is 9.69 Å². The lowest BCUT2D eigenvalue weighted by Gasteiger charge is -2.19. The van der Waals surface area contributed by atoms with Crippen molar-refractivity contribution in [1.29, 1.82) is 0 Å². The molecule has 0 saturated carbocycles. The molecule has 0 bridgehead atoms. The first-order valence-corrected chi connectivity index (χ1v) is 6.45. The summed E-state index contributed by atoms with van der Waals surface area (Å²) in [7, 11) is 0. The summed E-state index contributed by atoms with van der Waals surface area (Å²) in [5, 5.41) is 3.31. The molecule has 1 aliphatic heterocycles. The van der Waals surface area contributed by atoms with Crippen LogP contribution in [0.15, 0.2) is 18.2 Å². The average molecular weight is 303 g/mol. The minimum atomic E-state index is -0.777. The summed E-state index contributed by atoms with van der Waals surface area (Å²) in [5.41, 5.74) is 0. The molecule has 1 fully saturated rings. The van der Waals surface area contributed by atoms with Gasteiger partial charge in [-0.25, -0.2) is 4.79 Å². The number of nitrogens with one attached hydrogen (secondary N) is 1. The number of hydrogen-bond donors (Lipinski definition) is 1. The van der Waals surface area contributed by atoms with Crippen LogP contribution in [0.5, 0.6) is 5.75 Å². The molecule has 1 aliphatic rings. The lowest BCUT2D eigenvalue weighted by molar-refractivity contribution is -0.134. The van der Waals surface area contributed by atoms with Crippen molar-refractivity contribution >= 4 is 35.1 Å². The summed E-state index contributed by atoms with van der Waals surface area (Å²) in [5.74, 6) is 0.0379. The van der Waals surface area contributed by atoms with Gasteiger partial charge in [0.2, 0.25) is 0 Å². The summed E-state index contributed by atoms with van der Waals surface area (Å²) in [6.07, 6.45) is -0.777. The van der Waals surface area contributed by atoms with E-state index < -0.39 is 12.1 Å². The largest absolute Gasteiger partial charge is 0.481 e. The zero-order valence-electron chi connectivity index (χ0n) is 10.2. The summed E-state index contributed by atoms with van der Waals surface area (Å²) in [6.45, 7) is 2.40. The maximum Gasteiger partial charge on any atom is 0.324 e. The standard InChI is InChI=1S/C12H12Cl2N2O3/c1-7(11(17)16-5-4-15-12(16)18)19-8-2-3-9(13)10(14)6-8/h2-3,6-7H,4-5H2,1H3,(H,15,18)/t7-/m0/s1. The molecular formula is C12H12Cl2N2O3. The Labute approximate surface area is 120 Å². The van der Waals surface area contributed by atoms with Crippen LogP contribution < -0.4 is 10.1 Å². The van der Waals surface area contributed by atoms with Crippen LogP contribution in [0.25, 0.3) is 0 Å². The number of carbonyl (C=O) groups excluding carboxylic acids is 2. The second-order valence-corrected chi connectivity index (χ2v) is 4.87. The van der Waals surface area contributed by atoms with Crippen LogP contribution in [-0.4, -0.2) is 36.0 Å². The van der Waals surface area contributed by atoms with Crippen LogP contribution >= 0.6 is 23.2 Å². The Morgan fingerprint density at radius 1 is 1.42 bits per heavy atom. The van der Waals surface area contributed by atoms with E-state index in [0.717, 1.165) is 4.90 Å². The highest BCUT2D eigenvalue weighted by molar-refractivity contribution is 6.42. The molecule has 7 heteroatoms. The number of nitrogens with zero attached hydrogens (tertiary/aromatic N) is 1. The van der Waals surface area contributed by atoms with E-state index in [1.807, 2.05) is 0 Å². The molecular weight excluding hydrogens is 291 g/mol. The van der Waals surface area contributed by atoms with E-state index in [4.69, 9.17) is 27.9 Å². The number of amides is 3. The van der Waals surface area contributed by atoms with Crippen LogP contribution in [0.3, 0.4) is 0 Å². The third-order valence-corrected chi connectivity index (χ3v) is 3.41. The molecule has 5 nitrogen and oxygen atoms in total. The number of carbonyl (C=O) groups is 2. The Hall–Kier alpha value is -1.46. The highest BCUT2D eigenvalue weighted by Crippen LogP contribution is 2.27. The van der Waals surface area contributed by atoms with Gasteiger partial charge in [0.1, 0.15) is 5.75 Å². The van der Waals surface area contributed by atoms with Gasteiger partial charge in [0, 0.05) is 19.2 Å². The van der Waals surface area contributed by atoms with E-state index >= 15 is 0 Å². The Bertz CT molecular complexity index is 522. The van der Waals surface area contributed by atoms with Gasteiger partial charge in [-0.2, -0.15) is 0 Å². The first-order chi connectivity index (χ1) is 8.99. The highest BCUT2D eigenvalue weighted by Gasteiger charge is 2.30. The van der Waals surface area contributed by atoms with Crippen molar-refractivity contribution in [3.8, 4) is 5.75 Å². The fourth-order valence-electron chi connectivity index (χ4n) is 1.71. The number of imide groups is 1. The predicted octanol–water partition coefficient (Wildman–Crippen LogP) is 2.31. The number of ether oxygens (including phenoxy) is 1. The number of benzene rings is 1. The van der Waals surface area contributed by atoms with Crippen molar-refractivity contribution < 1.29 is 14.3 Å². The molecule has 1 aromatic carbocycles. The maximum absolute atomic E-state index is 12.0. The van der Waals surface area contributed by atoms with Gasteiger partial charge >= 0.3 is 6.03 Å². The zero-order valence-corrected chi connectivity index (χ0v) is 11.7. The van der Waals surface area contributed by atoms with Gasteiger partial charge in [-0.05, 0) is 19.1 Å². The van der Waals surface area contributed by atoms with Gasteiger partial charge in [-0.15, -0.1) is 0 Å². The topological polar surface area (TPSA) is 58.6 Å². The number of hydrogen-bond acceptors (Lipinski definition) is 3. The molecule has 19 heavy (non-hydrogen) atoms. The van der Waals surface area contributed by atoms with Gasteiger partial charge in [0.25, 0.3) is 5.91 Å². The SMILES string of the molecule is C[C@H](Oc1ccc(Cl)c(Cl)c1)C(=O)N1CCNC1=O. The molecule has 0 aromatic heterocycles. The molecule has 102 valence electrons. The second kappa shape index (κ2) is 5.67. The molecule has 2 rings (SSSR count). The Balaban J connectivity index is 2.03. The van der Waals surface area contributed by atoms with Crippen LogP contribution in [-0.2, 0) is 4.79 Å². The molecule has 0 spiro atoms. The van der Waals surface area contributed by atoms with Crippen LogP contribution in [0.1, 0.15) is 6.92 Å².